The van der Waals surface area contributed by atoms with Crippen LogP contribution in [0.5, 0.6) is 0 Å². The van der Waals surface area contributed by atoms with Crippen molar-refractivity contribution in [3.63, 3.8) is 0 Å². The van der Waals surface area contributed by atoms with Gasteiger partial charge in [0.2, 0.25) is 5.91 Å². The molecular weight excluding hydrogens is 409 g/mol. The minimum Gasteiger partial charge on any atom is -0.462 e. The Morgan fingerprint density at radius 2 is 1.80 bits per heavy atom. The summed E-state index contributed by atoms with van der Waals surface area (Å²) in [6.45, 7) is 6.17. The van der Waals surface area contributed by atoms with E-state index in [1.54, 1.807) is 24.8 Å². The van der Waals surface area contributed by atoms with Crippen molar-refractivity contribution in [3.8, 4) is 0 Å². The fourth-order valence-electron chi connectivity index (χ4n) is 3.21. The Labute approximate surface area is 178 Å². The Balaban J connectivity index is 1.48. The lowest BCUT2D eigenvalue weighted by Crippen LogP contribution is -2.50. The second kappa shape index (κ2) is 9.82. The number of benzene rings is 1. The van der Waals surface area contributed by atoms with Gasteiger partial charge in [-0.15, -0.1) is 11.3 Å². The first kappa shape index (κ1) is 21.9. The van der Waals surface area contributed by atoms with Crippen LogP contribution >= 0.6 is 11.3 Å². The van der Waals surface area contributed by atoms with Gasteiger partial charge in [-0.3, -0.25) is 14.5 Å². The number of anilines is 1. The van der Waals surface area contributed by atoms with E-state index in [-0.39, 0.29) is 30.1 Å². The fourth-order valence-corrected chi connectivity index (χ4v) is 4.19. The van der Waals surface area contributed by atoms with Crippen molar-refractivity contribution in [2.45, 2.75) is 13.8 Å². The van der Waals surface area contributed by atoms with Gasteiger partial charge in [0.25, 0.3) is 5.91 Å². The molecule has 1 fully saturated rings. The number of nitrogens with one attached hydrogen (secondary N) is 1. The molecule has 1 saturated heterocycles. The number of nitrogens with zero attached hydrogens (tertiary/aromatic N) is 2. The maximum atomic E-state index is 13.0. The third-order valence-corrected chi connectivity index (χ3v) is 5.89. The second-order valence-electron chi connectivity index (χ2n) is 6.97. The topological polar surface area (TPSA) is 79.0 Å². The number of amides is 2. The molecule has 0 unspecified atom stereocenters. The summed E-state index contributed by atoms with van der Waals surface area (Å²) in [5, 5.41) is 3.43. The first-order valence-electron chi connectivity index (χ1n) is 9.72. The monoisotopic (exact) mass is 433 g/mol. The summed E-state index contributed by atoms with van der Waals surface area (Å²) < 4.78 is 18.0. The van der Waals surface area contributed by atoms with Gasteiger partial charge in [0.1, 0.15) is 10.7 Å². The molecule has 0 spiro atoms. The molecule has 0 saturated carbocycles. The van der Waals surface area contributed by atoms with Crippen LogP contribution in [0, 0.1) is 12.7 Å². The number of esters is 1. The Morgan fingerprint density at radius 3 is 2.43 bits per heavy atom. The fraction of sp³-hybridized carbons (Fsp3) is 0.381. The average Bonchev–Trinajstić information content (AvgIpc) is 3.08. The van der Waals surface area contributed by atoms with Crippen LogP contribution in [-0.2, 0) is 9.53 Å². The Morgan fingerprint density at radius 1 is 1.13 bits per heavy atom. The van der Waals surface area contributed by atoms with E-state index in [4.69, 9.17) is 4.74 Å². The molecule has 3 rings (SSSR count). The van der Waals surface area contributed by atoms with E-state index in [1.165, 1.54) is 35.6 Å². The van der Waals surface area contributed by atoms with Crippen LogP contribution in [0.25, 0.3) is 0 Å². The smallest absolute Gasteiger partial charge is 0.348 e. The third-order valence-electron chi connectivity index (χ3n) is 4.76. The minimum absolute atomic E-state index is 0.139. The number of rotatable bonds is 6. The number of thiophene rings is 1. The number of halogens is 1. The number of hydrogen-bond acceptors (Lipinski definition) is 6. The highest BCUT2D eigenvalue weighted by atomic mass is 32.1. The van der Waals surface area contributed by atoms with Gasteiger partial charge in [-0.2, -0.15) is 0 Å². The van der Waals surface area contributed by atoms with E-state index < -0.39 is 0 Å². The van der Waals surface area contributed by atoms with E-state index in [0.717, 1.165) is 5.56 Å². The van der Waals surface area contributed by atoms with Gasteiger partial charge in [0.05, 0.1) is 18.2 Å². The van der Waals surface area contributed by atoms with Crippen molar-refractivity contribution in [2.24, 2.45) is 0 Å². The number of carbonyl (C=O) groups is 3. The molecule has 160 valence electrons. The molecule has 0 atom stereocenters. The predicted molar refractivity (Wildman–Crippen MR) is 112 cm³/mol. The van der Waals surface area contributed by atoms with Crippen LogP contribution in [0.1, 0.15) is 32.5 Å². The zero-order valence-electron chi connectivity index (χ0n) is 16.9. The van der Waals surface area contributed by atoms with E-state index in [2.05, 4.69) is 5.32 Å². The molecule has 2 aromatic rings. The molecule has 1 aliphatic rings. The van der Waals surface area contributed by atoms with E-state index in [1.807, 2.05) is 4.90 Å². The lowest BCUT2D eigenvalue weighted by atomic mass is 10.2. The normalized spacial score (nSPS) is 14.4. The Bertz CT molecular complexity index is 921. The predicted octanol–water partition coefficient (Wildman–Crippen LogP) is 2.77. The van der Waals surface area contributed by atoms with Gasteiger partial charge < -0.3 is 15.0 Å². The zero-order valence-corrected chi connectivity index (χ0v) is 17.8. The SMILES string of the molecule is CCOC(=O)c1sc(NC(=O)CN2CCN(C(=O)c3ccc(F)cc3)CC2)cc1C. The molecule has 2 heterocycles. The van der Waals surface area contributed by atoms with Crippen LogP contribution in [0.15, 0.2) is 30.3 Å². The van der Waals surface area contributed by atoms with Gasteiger partial charge >= 0.3 is 5.97 Å². The highest BCUT2D eigenvalue weighted by Crippen LogP contribution is 2.27. The van der Waals surface area contributed by atoms with Crippen LogP contribution in [0.3, 0.4) is 0 Å². The van der Waals surface area contributed by atoms with Crippen LogP contribution in [0.2, 0.25) is 0 Å². The number of piperazine rings is 1. The quantitative estimate of drug-likeness (QED) is 0.709. The summed E-state index contributed by atoms with van der Waals surface area (Å²) in [7, 11) is 0. The maximum absolute atomic E-state index is 13.0. The molecule has 1 N–H and O–H groups in total. The van der Waals surface area contributed by atoms with Crippen LogP contribution in [-0.4, -0.2) is 66.9 Å². The second-order valence-corrected chi connectivity index (χ2v) is 8.02. The van der Waals surface area contributed by atoms with Crippen molar-refractivity contribution in [1.29, 1.82) is 0 Å². The molecule has 30 heavy (non-hydrogen) atoms. The molecule has 1 aromatic carbocycles. The third kappa shape index (κ3) is 5.43. The van der Waals surface area contributed by atoms with Gasteiger partial charge in [-0.05, 0) is 49.7 Å². The molecule has 2 amide bonds. The summed E-state index contributed by atoms with van der Waals surface area (Å²) in [6, 6.07) is 7.26. The van der Waals surface area contributed by atoms with E-state index >= 15 is 0 Å². The lowest BCUT2D eigenvalue weighted by Gasteiger charge is -2.34. The van der Waals surface area contributed by atoms with Crippen molar-refractivity contribution in [2.75, 3.05) is 44.6 Å². The van der Waals surface area contributed by atoms with Crippen LogP contribution in [0.4, 0.5) is 9.39 Å². The largest absolute Gasteiger partial charge is 0.462 e. The van der Waals surface area contributed by atoms with Crippen molar-refractivity contribution in [1.82, 2.24) is 9.80 Å². The van der Waals surface area contributed by atoms with Gasteiger partial charge in [-0.25, -0.2) is 9.18 Å². The summed E-state index contributed by atoms with van der Waals surface area (Å²) >= 11 is 1.20. The highest BCUT2D eigenvalue weighted by Gasteiger charge is 2.24. The standard InChI is InChI=1S/C21H24FN3O4S/c1-3-29-21(28)19-14(2)12-18(30-19)23-17(26)13-24-8-10-25(11-9-24)20(27)15-4-6-16(22)7-5-15/h4-7,12H,3,8-11,13H2,1-2H3,(H,23,26). The van der Waals surface area contributed by atoms with Crippen molar-refractivity contribution < 1.29 is 23.5 Å². The minimum atomic E-state index is -0.387. The van der Waals surface area contributed by atoms with Gasteiger partial charge in [-0.1, -0.05) is 0 Å². The molecular formula is C21H24FN3O4S. The van der Waals surface area contributed by atoms with E-state index in [0.29, 0.717) is 48.2 Å². The Hall–Kier alpha value is -2.78. The zero-order chi connectivity index (χ0) is 21.7. The first-order valence-corrected chi connectivity index (χ1v) is 10.5. The van der Waals surface area contributed by atoms with Gasteiger partial charge in [0.15, 0.2) is 0 Å². The summed E-state index contributed by atoms with van der Waals surface area (Å²) in [4.78, 5) is 40.9. The molecule has 1 aliphatic heterocycles. The Kier molecular flexibility index (Phi) is 7.17. The average molecular weight is 434 g/mol. The summed E-state index contributed by atoms with van der Waals surface area (Å²) in [5.74, 6) is -1.08. The number of hydrogen-bond donors (Lipinski definition) is 1. The number of ether oxygens (including phenoxy) is 1. The van der Waals surface area contributed by atoms with Crippen molar-refractivity contribution >= 4 is 34.1 Å². The van der Waals surface area contributed by atoms with Crippen LogP contribution < -0.4 is 5.32 Å². The first-order chi connectivity index (χ1) is 14.4. The summed E-state index contributed by atoms with van der Waals surface area (Å²) in [6.07, 6.45) is 0. The van der Waals surface area contributed by atoms with Gasteiger partial charge in [0, 0.05) is 31.7 Å². The highest BCUT2D eigenvalue weighted by molar-refractivity contribution is 7.18. The van der Waals surface area contributed by atoms with E-state index in [9.17, 15) is 18.8 Å². The lowest BCUT2D eigenvalue weighted by molar-refractivity contribution is -0.117. The maximum Gasteiger partial charge on any atom is 0.348 e. The molecule has 0 radical (unpaired) electrons. The molecule has 0 aliphatic carbocycles. The number of carbonyl (C=O) groups excluding carboxylic acids is 3. The number of aryl methyl sites for hydroxylation is 1. The molecule has 1 aromatic heterocycles. The van der Waals surface area contributed by atoms with Crippen molar-refractivity contribution in [3.05, 3.63) is 52.2 Å². The molecule has 7 nitrogen and oxygen atoms in total. The molecule has 9 heteroatoms. The summed E-state index contributed by atoms with van der Waals surface area (Å²) in [5.41, 5.74) is 1.22. The molecule has 0 bridgehead atoms.